The molecule has 0 aliphatic carbocycles. The number of amides is 1. The molecule has 2 aliphatic heterocycles. The summed E-state index contributed by atoms with van der Waals surface area (Å²) in [5, 5.41) is 3.37. The minimum absolute atomic E-state index is 0.185. The van der Waals surface area contributed by atoms with Crippen LogP contribution in [-0.4, -0.2) is 61.0 Å². The van der Waals surface area contributed by atoms with Crippen molar-refractivity contribution < 1.29 is 4.79 Å². The largest absolute Gasteiger partial charge is 0.335 e. The summed E-state index contributed by atoms with van der Waals surface area (Å²) in [5.74, 6) is 0.185. The van der Waals surface area contributed by atoms with Crippen molar-refractivity contribution in [2.45, 2.75) is 13.0 Å². The fraction of sp³-hybridized carbons (Fsp3) is 0.533. The van der Waals surface area contributed by atoms with Crippen molar-refractivity contribution in [3.63, 3.8) is 0 Å². The Morgan fingerprint density at radius 3 is 2.70 bits per heavy atom. The molecule has 2 saturated heterocycles. The number of nitrogens with one attached hydrogen (secondary N) is 1. The predicted molar refractivity (Wildman–Crippen MR) is 88.0 cm³/mol. The van der Waals surface area contributed by atoms with Crippen molar-refractivity contribution in [2.24, 2.45) is 0 Å². The number of aryl methyl sites for hydroxylation is 1. The zero-order chi connectivity index (χ0) is 14.1. The van der Waals surface area contributed by atoms with Gasteiger partial charge in [0.05, 0.1) is 5.56 Å². The maximum absolute atomic E-state index is 12.5. The molecule has 0 aromatic heterocycles. The molecule has 108 valence electrons. The number of carbonyl (C=O) groups excluding carboxylic acids is 1. The fourth-order valence-corrected chi connectivity index (χ4v) is 3.47. The highest BCUT2D eigenvalue weighted by Crippen LogP contribution is 2.23. The predicted octanol–water partition coefficient (Wildman–Crippen LogP) is 1.33. The van der Waals surface area contributed by atoms with E-state index in [1.54, 1.807) is 0 Å². The standard InChI is InChI=1S/C15H20IN3O/c1-11-3-2-4-13(14(11)16)15(20)19-9-12(10-19)18-7-5-17-6-8-18/h2-4,12,17H,5-10H2,1H3. The van der Waals surface area contributed by atoms with Crippen LogP contribution in [0.5, 0.6) is 0 Å². The van der Waals surface area contributed by atoms with Crippen molar-refractivity contribution in [1.29, 1.82) is 0 Å². The van der Waals surface area contributed by atoms with Gasteiger partial charge in [0.2, 0.25) is 0 Å². The van der Waals surface area contributed by atoms with Crippen LogP contribution >= 0.6 is 22.6 Å². The van der Waals surface area contributed by atoms with Gasteiger partial charge in [0, 0.05) is 48.9 Å². The zero-order valence-corrected chi connectivity index (χ0v) is 13.9. The average Bonchev–Trinajstić information content (AvgIpc) is 2.41. The van der Waals surface area contributed by atoms with Gasteiger partial charge < -0.3 is 10.2 Å². The molecule has 0 spiro atoms. The van der Waals surface area contributed by atoms with Gasteiger partial charge in [0.1, 0.15) is 0 Å². The van der Waals surface area contributed by atoms with Crippen LogP contribution in [0.3, 0.4) is 0 Å². The summed E-state index contributed by atoms with van der Waals surface area (Å²) in [6.07, 6.45) is 0. The molecule has 0 bridgehead atoms. The summed E-state index contributed by atoms with van der Waals surface area (Å²) in [7, 11) is 0. The summed E-state index contributed by atoms with van der Waals surface area (Å²) < 4.78 is 1.08. The lowest BCUT2D eigenvalue weighted by atomic mass is 10.0. The molecule has 0 atom stereocenters. The van der Waals surface area contributed by atoms with E-state index in [2.05, 4.69) is 45.8 Å². The Labute approximate surface area is 133 Å². The van der Waals surface area contributed by atoms with Crippen LogP contribution in [0.1, 0.15) is 15.9 Å². The van der Waals surface area contributed by atoms with E-state index in [1.165, 1.54) is 5.56 Å². The van der Waals surface area contributed by atoms with Gasteiger partial charge in [0.15, 0.2) is 0 Å². The van der Waals surface area contributed by atoms with Crippen molar-refractivity contribution in [2.75, 3.05) is 39.3 Å². The second-order valence-electron chi connectivity index (χ2n) is 5.59. The number of carbonyl (C=O) groups is 1. The highest BCUT2D eigenvalue weighted by atomic mass is 127. The maximum atomic E-state index is 12.5. The molecule has 0 saturated carbocycles. The average molecular weight is 385 g/mol. The molecule has 20 heavy (non-hydrogen) atoms. The van der Waals surface area contributed by atoms with Gasteiger partial charge >= 0.3 is 0 Å². The van der Waals surface area contributed by atoms with Crippen LogP contribution in [0, 0.1) is 10.5 Å². The Hall–Kier alpha value is -0.660. The lowest BCUT2D eigenvalue weighted by molar-refractivity contribution is 0.0226. The third-order valence-electron chi connectivity index (χ3n) is 4.24. The van der Waals surface area contributed by atoms with E-state index in [-0.39, 0.29) is 5.91 Å². The first kappa shape index (κ1) is 14.3. The SMILES string of the molecule is Cc1cccc(C(=O)N2CC(N3CCNCC3)C2)c1I. The summed E-state index contributed by atoms with van der Waals surface area (Å²) in [6, 6.07) is 6.52. The normalized spacial score (nSPS) is 20.8. The molecule has 5 heteroatoms. The van der Waals surface area contributed by atoms with Crippen molar-refractivity contribution in [1.82, 2.24) is 15.1 Å². The van der Waals surface area contributed by atoms with Crippen LogP contribution in [0.2, 0.25) is 0 Å². The van der Waals surface area contributed by atoms with Gasteiger partial charge in [-0.2, -0.15) is 0 Å². The Kier molecular flexibility index (Phi) is 4.28. The summed E-state index contributed by atoms with van der Waals surface area (Å²) in [4.78, 5) is 17.0. The van der Waals surface area contributed by atoms with Crippen molar-refractivity contribution in [3.05, 3.63) is 32.9 Å². The molecule has 4 nitrogen and oxygen atoms in total. The van der Waals surface area contributed by atoms with Crippen LogP contribution in [0.4, 0.5) is 0 Å². The monoisotopic (exact) mass is 385 g/mol. The van der Waals surface area contributed by atoms with Crippen molar-refractivity contribution in [3.8, 4) is 0 Å². The molecule has 0 unspecified atom stereocenters. The molecule has 0 radical (unpaired) electrons. The molecule has 1 aromatic rings. The van der Waals surface area contributed by atoms with Crippen LogP contribution < -0.4 is 5.32 Å². The number of hydrogen-bond donors (Lipinski definition) is 1. The number of nitrogens with zero attached hydrogens (tertiary/aromatic N) is 2. The maximum Gasteiger partial charge on any atom is 0.255 e. The second-order valence-corrected chi connectivity index (χ2v) is 6.67. The van der Waals surface area contributed by atoms with Crippen LogP contribution in [0.15, 0.2) is 18.2 Å². The molecule has 2 heterocycles. The minimum Gasteiger partial charge on any atom is -0.335 e. The number of benzene rings is 1. The van der Waals surface area contributed by atoms with E-state index in [0.717, 1.165) is 48.4 Å². The van der Waals surface area contributed by atoms with E-state index < -0.39 is 0 Å². The molecule has 3 rings (SSSR count). The number of hydrogen-bond acceptors (Lipinski definition) is 3. The first-order valence-corrected chi connectivity index (χ1v) is 8.24. The Morgan fingerprint density at radius 2 is 2.00 bits per heavy atom. The van der Waals surface area contributed by atoms with E-state index in [0.29, 0.717) is 6.04 Å². The van der Waals surface area contributed by atoms with Gasteiger partial charge in [-0.25, -0.2) is 0 Å². The number of rotatable bonds is 2. The van der Waals surface area contributed by atoms with E-state index >= 15 is 0 Å². The molecule has 1 amide bonds. The third kappa shape index (κ3) is 2.71. The summed E-state index contributed by atoms with van der Waals surface area (Å²) in [6.45, 7) is 8.16. The van der Waals surface area contributed by atoms with Crippen molar-refractivity contribution >= 4 is 28.5 Å². The molecule has 1 N–H and O–H groups in total. The Bertz CT molecular complexity index is 508. The quantitative estimate of drug-likeness (QED) is 0.781. The van der Waals surface area contributed by atoms with Crippen LogP contribution in [0.25, 0.3) is 0 Å². The first-order valence-electron chi connectivity index (χ1n) is 7.16. The van der Waals surface area contributed by atoms with E-state index in [9.17, 15) is 4.79 Å². The number of likely N-dealkylation sites (tertiary alicyclic amines) is 1. The topological polar surface area (TPSA) is 35.6 Å². The molecule has 1 aromatic carbocycles. The Balaban J connectivity index is 1.61. The highest BCUT2D eigenvalue weighted by molar-refractivity contribution is 14.1. The zero-order valence-electron chi connectivity index (χ0n) is 11.7. The first-order chi connectivity index (χ1) is 9.66. The third-order valence-corrected chi connectivity index (χ3v) is 5.67. The van der Waals surface area contributed by atoms with Gasteiger partial charge in [-0.05, 0) is 41.1 Å². The van der Waals surface area contributed by atoms with E-state index in [1.807, 2.05) is 17.0 Å². The smallest absolute Gasteiger partial charge is 0.255 e. The molecular formula is C15H20IN3O. The van der Waals surface area contributed by atoms with E-state index in [4.69, 9.17) is 0 Å². The second kappa shape index (κ2) is 5.99. The van der Waals surface area contributed by atoms with Gasteiger partial charge in [-0.15, -0.1) is 0 Å². The minimum atomic E-state index is 0.185. The van der Waals surface area contributed by atoms with Gasteiger partial charge in [-0.3, -0.25) is 9.69 Å². The highest BCUT2D eigenvalue weighted by Gasteiger charge is 2.35. The number of piperazine rings is 1. The summed E-state index contributed by atoms with van der Waals surface area (Å²) >= 11 is 2.28. The Morgan fingerprint density at radius 1 is 1.30 bits per heavy atom. The molecule has 2 aliphatic rings. The van der Waals surface area contributed by atoms with Crippen LogP contribution in [-0.2, 0) is 0 Å². The molecular weight excluding hydrogens is 365 g/mol. The summed E-state index contributed by atoms with van der Waals surface area (Å²) in [5.41, 5.74) is 2.03. The molecule has 2 fully saturated rings. The lowest BCUT2D eigenvalue weighted by Crippen LogP contribution is -2.63. The van der Waals surface area contributed by atoms with Gasteiger partial charge in [0.25, 0.3) is 5.91 Å². The fourth-order valence-electron chi connectivity index (χ4n) is 2.88. The lowest BCUT2D eigenvalue weighted by Gasteiger charge is -2.46. The van der Waals surface area contributed by atoms with Gasteiger partial charge in [-0.1, -0.05) is 12.1 Å². The number of halogens is 1.